The van der Waals surface area contributed by atoms with E-state index >= 15 is 0 Å². The molecule has 4 rings (SSSR count). The molecule has 2 aliphatic rings. The topological polar surface area (TPSA) is 54.5 Å². The van der Waals surface area contributed by atoms with Crippen LogP contribution in [-0.4, -0.2) is 42.5 Å². The number of piperidine rings is 1. The highest BCUT2D eigenvalue weighted by atomic mass is 16.5. The number of likely N-dealkylation sites (tertiary alicyclic amines) is 1. The van der Waals surface area contributed by atoms with E-state index in [-0.39, 0.29) is 11.3 Å². The summed E-state index contributed by atoms with van der Waals surface area (Å²) in [4.78, 5) is 19.5. The van der Waals surface area contributed by atoms with Crippen LogP contribution in [0.2, 0.25) is 0 Å². The van der Waals surface area contributed by atoms with Gasteiger partial charge in [0, 0.05) is 36.8 Å². The van der Waals surface area contributed by atoms with Crippen LogP contribution in [0.25, 0.3) is 0 Å². The van der Waals surface area contributed by atoms with E-state index < -0.39 is 0 Å². The third-order valence-electron chi connectivity index (χ3n) is 6.26. The largest absolute Gasteiger partial charge is 0.496 e. The number of hydrogen-bond acceptors (Lipinski definition) is 4. The second-order valence-corrected chi connectivity index (χ2v) is 7.94. The Balaban J connectivity index is 1.54. The normalized spacial score (nSPS) is 18.2. The number of anilines is 1. The fourth-order valence-corrected chi connectivity index (χ4v) is 4.47. The van der Waals surface area contributed by atoms with Crippen LogP contribution in [-0.2, 0) is 5.41 Å². The van der Waals surface area contributed by atoms with Crippen molar-refractivity contribution in [3.63, 3.8) is 0 Å². The molecule has 5 nitrogen and oxygen atoms in total. The van der Waals surface area contributed by atoms with E-state index in [1.54, 1.807) is 13.3 Å². The fourth-order valence-electron chi connectivity index (χ4n) is 4.47. The average molecular weight is 380 g/mol. The molecule has 0 unspecified atom stereocenters. The van der Waals surface area contributed by atoms with Gasteiger partial charge in [0.25, 0.3) is 5.91 Å². The molecule has 148 valence electrons. The summed E-state index contributed by atoms with van der Waals surface area (Å²) in [5, 5.41) is 3.51. The van der Waals surface area contributed by atoms with Gasteiger partial charge in [0.05, 0.1) is 12.7 Å². The lowest BCUT2D eigenvalue weighted by Gasteiger charge is -2.43. The maximum absolute atomic E-state index is 13.0. The van der Waals surface area contributed by atoms with Crippen molar-refractivity contribution < 1.29 is 9.53 Å². The first-order valence-electron chi connectivity index (χ1n) is 10.4. The Bertz CT molecular complexity index is 826. The summed E-state index contributed by atoms with van der Waals surface area (Å²) in [6.45, 7) is 2.45. The highest BCUT2D eigenvalue weighted by Crippen LogP contribution is 2.47. The zero-order valence-electron chi connectivity index (χ0n) is 16.6. The Labute approximate surface area is 167 Å². The van der Waals surface area contributed by atoms with Gasteiger partial charge in [-0.05, 0) is 50.3 Å². The molecule has 5 heteroatoms. The molecule has 1 saturated carbocycles. The summed E-state index contributed by atoms with van der Waals surface area (Å²) < 4.78 is 5.62. The van der Waals surface area contributed by atoms with Crippen molar-refractivity contribution in [1.29, 1.82) is 0 Å². The molecule has 2 aromatic rings. The fraction of sp³-hybridized carbons (Fsp3) is 0.478. The van der Waals surface area contributed by atoms with Gasteiger partial charge >= 0.3 is 0 Å². The van der Waals surface area contributed by atoms with Crippen LogP contribution in [0.15, 0.2) is 42.6 Å². The van der Waals surface area contributed by atoms with Crippen LogP contribution in [0.1, 0.15) is 54.4 Å². The molecule has 1 aromatic carbocycles. The highest BCUT2D eigenvalue weighted by Gasteiger charge is 2.40. The zero-order valence-corrected chi connectivity index (χ0v) is 16.6. The van der Waals surface area contributed by atoms with E-state index in [9.17, 15) is 4.79 Å². The molecule has 28 heavy (non-hydrogen) atoms. The standard InChI is InChI=1S/C23H29N3O2/c1-28-20-11-4-3-10-19(20)23(12-8-13-23)17-25-21-18(9-7-14-24-21)22(27)26-15-5-2-6-16-26/h3-4,7,9-11,14H,2,5-6,8,12-13,15-17H2,1H3,(H,24,25). The lowest BCUT2D eigenvalue weighted by atomic mass is 9.64. The van der Waals surface area contributed by atoms with E-state index in [0.717, 1.165) is 51.1 Å². The smallest absolute Gasteiger partial charge is 0.257 e. The molecule has 0 spiro atoms. The van der Waals surface area contributed by atoms with Crippen LogP contribution >= 0.6 is 0 Å². The lowest BCUT2D eigenvalue weighted by molar-refractivity contribution is 0.0725. The number of nitrogens with one attached hydrogen (secondary N) is 1. The van der Waals surface area contributed by atoms with E-state index in [1.165, 1.54) is 18.4 Å². The van der Waals surface area contributed by atoms with Crippen LogP contribution < -0.4 is 10.1 Å². The summed E-state index contributed by atoms with van der Waals surface area (Å²) >= 11 is 0. The first-order chi connectivity index (χ1) is 13.7. The monoisotopic (exact) mass is 379 g/mol. The van der Waals surface area contributed by atoms with Crippen molar-refractivity contribution in [2.75, 3.05) is 32.1 Å². The molecule has 2 fully saturated rings. The van der Waals surface area contributed by atoms with Crippen LogP contribution in [0.4, 0.5) is 5.82 Å². The highest BCUT2D eigenvalue weighted by molar-refractivity contribution is 5.98. The van der Waals surface area contributed by atoms with E-state index in [2.05, 4.69) is 22.4 Å². The maximum atomic E-state index is 13.0. The Morgan fingerprint density at radius 3 is 2.61 bits per heavy atom. The minimum atomic E-state index is 0.0373. The summed E-state index contributed by atoms with van der Waals surface area (Å²) in [5.41, 5.74) is 1.96. The van der Waals surface area contributed by atoms with Gasteiger partial charge in [-0.15, -0.1) is 0 Å². The van der Waals surface area contributed by atoms with Crippen LogP contribution in [0.5, 0.6) is 5.75 Å². The predicted octanol–water partition coefficient (Wildman–Crippen LogP) is 4.25. The quantitative estimate of drug-likeness (QED) is 0.815. The molecular formula is C23H29N3O2. The number of methoxy groups -OCH3 is 1. The molecule has 1 N–H and O–H groups in total. The third kappa shape index (κ3) is 3.58. The van der Waals surface area contributed by atoms with Crippen LogP contribution in [0.3, 0.4) is 0 Å². The number of carbonyl (C=O) groups excluding carboxylic acids is 1. The van der Waals surface area contributed by atoms with E-state index in [1.807, 2.05) is 29.2 Å². The van der Waals surface area contributed by atoms with Crippen molar-refractivity contribution in [1.82, 2.24) is 9.88 Å². The van der Waals surface area contributed by atoms with Gasteiger partial charge < -0.3 is 15.0 Å². The summed E-state index contributed by atoms with van der Waals surface area (Å²) in [7, 11) is 1.73. The average Bonchev–Trinajstić information content (AvgIpc) is 2.74. The summed E-state index contributed by atoms with van der Waals surface area (Å²) in [6, 6.07) is 12.0. The maximum Gasteiger partial charge on any atom is 0.257 e. The number of pyridine rings is 1. The number of rotatable bonds is 6. The Morgan fingerprint density at radius 1 is 1.11 bits per heavy atom. The SMILES string of the molecule is COc1ccccc1C1(CNc2ncccc2C(=O)N2CCCCC2)CCC1. The molecule has 1 aromatic heterocycles. The molecule has 1 saturated heterocycles. The Kier molecular flexibility index (Phi) is 5.51. The van der Waals surface area contributed by atoms with E-state index in [4.69, 9.17) is 4.74 Å². The second-order valence-electron chi connectivity index (χ2n) is 7.94. The van der Waals surface area contributed by atoms with E-state index in [0.29, 0.717) is 11.4 Å². The van der Waals surface area contributed by atoms with Gasteiger partial charge in [-0.1, -0.05) is 24.6 Å². The molecule has 2 heterocycles. The van der Waals surface area contributed by atoms with Crippen molar-refractivity contribution in [2.24, 2.45) is 0 Å². The molecular weight excluding hydrogens is 350 g/mol. The zero-order chi connectivity index (χ0) is 19.4. The van der Waals surface area contributed by atoms with Crippen molar-refractivity contribution in [2.45, 2.75) is 43.9 Å². The number of carbonyl (C=O) groups is 1. The van der Waals surface area contributed by atoms with Gasteiger partial charge in [-0.25, -0.2) is 4.98 Å². The number of amides is 1. The molecule has 0 bridgehead atoms. The Hall–Kier alpha value is -2.56. The summed E-state index contributed by atoms with van der Waals surface area (Å²) in [5.74, 6) is 1.73. The number of nitrogens with zero attached hydrogens (tertiary/aromatic N) is 2. The first-order valence-corrected chi connectivity index (χ1v) is 10.4. The molecule has 0 atom stereocenters. The van der Waals surface area contributed by atoms with Gasteiger partial charge in [0.2, 0.25) is 0 Å². The second kappa shape index (κ2) is 8.21. The van der Waals surface area contributed by atoms with Crippen molar-refractivity contribution in [3.8, 4) is 5.75 Å². The van der Waals surface area contributed by atoms with Crippen molar-refractivity contribution >= 4 is 11.7 Å². The number of ether oxygens (including phenoxy) is 1. The third-order valence-corrected chi connectivity index (χ3v) is 6.26. The molecule has 0 radical (unpaired) electrons. The number of para-hydroxylation sites is 1. The molecule has 1 aliphatic carbocycles. The van der Waals surface area contributed by atoms with Gasteiger partial charge in [-0.3, -0.25) is 4.79 Å². The number of hydrogen-bond donors (Lipinski definition) is 1. The summed E-state index contributed by atoms with van der Waals surface area (Å²) in [6.07, 6.45) is 8.58. The minimum absolute atomic E-state index is 0.0373. The van der Waals surface area contributed by atoms with Crippen LogP contribution in [0, 0.1) is 0 Å². The van der Waals surface area contributed by atoms with Gasteiger partial charge in [0.1, 0.15) is 11.6 Å². The lowest BCUT2D eigenvalue weighted by Crippen LogP contribution is -2.42. The van der Waals surface area contributed by atoms with Gasteiger partial charge in [0.15, 0.2) is 0 Å². The molecule has 1 aliphatic heterocycles. The molecule has 1 amide bonds. The number of benzene rings is 1. The predicted molar refractivity (Wildman–Crippen MR) is 111 cm³/mol. The minimum Gasteiger partial charge on any atom is -0.496 e. The Morgan fingerprint density at radius 2 is 1.89 bits per heavy atom. The first kappa shape index (κ1) is 18.8. The van der Waals surface area contributed by atoms with Crippen molar-refractivity contribution in [3.05, 3.63) is 53.7 Å². The van der Waals surface area contributed by atoms with Gasteiger partial charge in [-0.2, -0.15) is 0 Å². The number of aromatic nitrogens is 1.